The number of hydrogen-bond donors (Lipinski definition) is 0. The van der Waals surface area contributed by atoms with Gasteiger partial charge in [-0.3, -0.25) is 0 Å². The first kappa shape index (κ1) is 17.5. The summed E-state index contributed by atoms with van der Waals surface area (Å²) in [5.74, 6) is 0.990. The van der Waals surface area contributed by atoms with Crippen molar-refractivity contribution in [2.45, 2.75) is 33.1 Å². The van der Waals surface area contributed by atoms with Crippen LogP contribution in [-0.2, 0) is 0 Å². The second-order valence-electron chi connectivity index (χ2n) is 5.57. The van der Waals surface area contributed by atoms with E-state index in [-0.39, 0.29) is 5.92 Å². The van der Waals surface area contributed by atoms with Crippen LogP contribution in [0.3, 0.4) is 0 Å². The van der Waals surface area contributed by atoms with Gasteiger partial charge in [-0.15, -0.1) is 0 Å². The number of ether oxygens (including phenoxy) is 2. The first-order valence-electron chi connectivity index (χ1n) is 7.76. The Morgan fingerprint density at radius 3 is 2.57 bits per heavy atom. The first-order chi connectivity index (χ1) is 11.0. The van der Waals surface area contributed by atoms with Crippen LogP contribution in [0.15, 0.2) is 46.9 Å². The van der Waals surface area contributed by atoms with Gasteiger partial charge in [0.25, 0.3) is 0 Å². The van der Waals surface area contributed by atoms with Crippen molar-refractivity contribution in [1.29, 1.82) is 0 Å². The van der Waals surface area contributed by atoms with Crippen LogP contribution in [0.5, 0.6) is 11.5 Å². The minimum Gasteiger partial charge on any atom is -0.493 e. The van der Waals surface area contributed by atoms with Gasteiger partial charge in [0.15, 0.2) is 0 Å². The Hall–Kier alpha value is -1.81. The molecule has 0 saturated heterocycles. The number of halogens is 1. The van der Waals surface area contributed by atoms with Crippen molar-refractivity contribution in [1.82, 2.24) is 0 Å². The molecule has 0 bridgehead atoms. The highest BCUT2D eigenvalue weighted by molar-refractivity contribution is 9.10. The van der Waals surface area contributed by atoms with Crippen LogP contribution in [0.1, 0.15) is 49.0 Å². The second kappa shape index (κ2) is 8.16. The molecule has 0 unspecified atom stereocenters. The largest absolute Gasteiger partial charge is 0.493 e. The maximum atomic E-state index is 12.5. The number of carbonyl (C=O) groups is 1. The average Bonchev–Trinajstić information content (AvgIpc) is 2.54. The van der Waals surface area contributed by atoms with E-state index in [1.54, 1.807) is 18.2 Å². The van der Waals surface area contributed by atoms with E-state index < -0.39 is 5.97 Å². The third-order valence-electron chi connectivity index (χ3n) is 3.37. The lowest BCUT2D eigenvalue weighted by molar-refractivity contribution is 0.0728. The summed E-state index contributed by atoms with van der Waals surface area (Å²) in [6.45, 7) is 6.73. The normalized spacial score (nSPS) is 10.7. The highest BCUT2D eigenvalue weighted by atomic mass is 79.9. The molecule has 0 heterocycles. The summed E-state index contributed by atoms with van der Waals surface area (Å²) < 4.78 is 12.2. The highest BCUT2D eigenvalue weighted by Crippen LogP contribution is 2.31. The number of hydrogen-bond acceptors (Lipinski definition) is 3. The molecule has 3 nitrogen and oxygen atoms in total. The molecule has 4 heteroatoms. The standard InChI is InChI=1S/C19H21BrO3/c1-4-11-22-17-8-6-5-7-15(17)19(21)23-18-10-9-14(20)12-16(18)13(2)3/h5-10,12-13H,4,11H2,1-3H3. The molecule has 0 amide bonds. The Labute approximate surface area is 145 Å². The summed E-state index contributed by atoms with van der Waals surface area (Å²) in [7, 11) is 0. The van der Waals surface area contributed by atoms with Crippen LogP contribution in [0, 0.1) is 0 Å². The van der Waals surface area contributed by atoms with Gasteiger partial charge in [0.2, 0.25) is 0 Å². The van der Waals surface area contributed by atoms with Gasteiger partial charge in [-0.1, -0.05) is 48.8 Å². The molecule has 0 N–H and O–H groups in total. The fraction of sp³-hybridized carbons (Fsp3) is 0.316. The van der Waals surface area contributed by atoms with Gasteiger partial charge in [0, 0.05) is 4.47 Å². The van der Waals surface area contributed by atoms with Gasteiger partial charge >= 0.3 is 5.97 Å². The zero-order valence-electron chi connectivity index (χ0n) is 13.6. The fourth-order valence-corrected chi connectivity index (χ4v) is 2.57. The number of esters is 1. The van der Waals surface area contributed by atoms with Crippen LogP contribution in [-0.4, -0.2) is 12.6 Å². The molecule has 2 aromatic rings. The van der Waals surface area contributed by atoms with Gasteiger partial charge in [0.1, 0.15) is 17.1 Å². The molecular weight excluding hydrogens is 356 g/mol. The van der Waals surface area contributed by atoms with E-state index in [4.69, 9.17) is 9.47 Å². The van der Waals surface area contributed by atoms with E-state index in [0.717, 1.165) is 16.5 Å². The summed E-state index contributed by atoms with van der Waals surface area (Å²) in [4.78, 5) is 12.5. The summed E-state index contributed by atoms with van der Waals surface area (Å²) in [6.07, 6.45) is 0.883. The zero-order chi connectivity index (χ0) is 16.8. The van der Waals surface area contributed by atoms with Crippen LogP contribution in [0.2, 0.25) is 0 Å². The Morgan fingerprint density at radius 2 is 1.87 bits per heavy atom. The van der Waals surface area contributed by atoms with E-state index in [0.29, 0.717) is 23.7 Å². The molecule has 0 aromatic heterocycles. The minimum absolute atomic E-state index is 0.252. The zero-order valence-corrected chi connectivity index (χ0v) is 15.2. The lowest BCUT2D eigenvalue weighted by Crippen LogP contribution is -2.12. The molecule has 0 spiro atoms. The van der Waals surface area contributed by atoms with E-state index in [1.165, 1.54) is 0 Å². The third kappa shape index (κ3) is 4.58. The summed E-state index contributed by atoms with van der Waals surface area (Å²) in [5, 5.41) is 0. The fourth-order valence-electron chi connectivity index (χ4n) is 2.19. The summed E-state index contributed by atoms with van der Waals surface area (Å²) in [5.41, 5.74) is 1.43. The quantitative estimate of drug-likeness (QED) is 0.487. The number of para-hydroxylation sites is 1. The number of rotatable bonds is 6. The molecule has 0 radical (unpaired) electrons. The predicted octanol–water partition coefficient (Wildman–Crippen LogP) is 5.58. The number of benzene rings is 2. The van der Waals surface area contributed by atoms with Gasteiger partial charge in [-0.25, -0.2) is 4.79 Å². The molecular formula is C19H21BrO3. The van der Waals surface area contributed by atoms with Crippen LogP contribution < -0.4 is 9.47 Å². The van der Waals surface area contributed by atoms with Crippen molar-refractivity contribution in [3.05, 3.63) is 58.1 Å². The van der Waals surface area contributed by atoms with Gasteiger partial charge in [-0.2, -0.15) is 0 Å². The summed E-state index contributed by atoms with van der Waals surface area (Å²) >= 11 is 3.46. The first-order valence-corrected chi connectivity index (χ1v) is 8.55. The van der Waals surface area contributed by atoms with Crippen LogP contribution in [0.25, 0.3) is 0 Å². The third-order valence-corrected chi connectivity index (χ3v) is 3.86. The van der Waals surface area contributed by atoms with Crippen LogP contribution >= 0.6 is 15.9 Å². The maximum absolute atomic E-state index is 12.5. The van der Waals surface area contributed by atoms with Gasteiger partial charge in [0.05, 0.1) is 6.61 Å². The van der Waals surface area contributed by atoms with Gasteiger partial charge < -0.3 is 9.47 Å². The van der Waals surface area contributed by atoms with Crippen molar-refractivity contribution in [2.24, 2.45) is 0 Å². The topological polar surface area (TPSA) is 35.5 Å². The van der Waals surface area contributed by atoms with E-state index >= 15 is 0 Å². The Morgan fingerprint density at radius 1 is 1.13 bits per heavy atom. The number of carbonyl (C=O) groups excluding carboxylic acids is 1. The monoisotopic (exact) mass is 376 g/mol. The second-order valence-corrected chi connectivity index (χ2v) is 6.49. The lowest BCUT2D eigenvalue weighted by Gasteiger charge is -2.14. The predicted molar refractivity (Wildman–Crippen MR) is 95.4 cm³/mol. The van der Waals surface area contributed by atoms with Crippen molar-refractivity contribution < 1.29 is 14.3 Å². The van der Waals surface area contributed by atoms with Crippen LogP contribution in [0.4, 0.5) is 0 Å². The summed E-state index contributed by atoms with van der Waals surface area (Å²) in [6, 6.07) is 12.8. The minimum atomic E-state index is -0.402. The molecule has 0 aliphatic rings. The Bertz CT molecular complexity index is 680. The van der Waals surface area contributed by atoms with Crippen molar-refractivity contribution >= 4 is 21.9 Å². The smallest absolute Gasteiger partial charge is 0.347 e. The molecule has 2 aromatic carbocycles. The van der Waals surface area contributed by atoms with Gasteiger partial charge in [-0.05, 0) is 48.2 Å². The molecule has 23 heavy (non-hydrogen) atoms. The van der Waals surface area contributed by atoms with Crippen molar-refractivity contribution in [3.63, 3.8) is 0 Å². The maximum Gasteiger partial charge on any atom is 0.347 e. The molecule has 0 atom stereocenters. The molecule has 122 valence electrons. The molecule has 0 aliphatic carbocycles. The SMILES string of the molecule is CCCOc1ccccc1C(=O)Oc1ccc(Br)cc1C(C)C. The average molecular weight is 377 g/mol. The van der Waals surface area contributed by atoms with Crippen molar-refractivity contribution in [3.8, 4) is 11.5 Å². The molecule has 0 fully saturated rings. The highest BCUT2D eigenvalue weighted by Gasteiger charge is 2.17. The molecule has 0 saturated carbocycles. The van der Waals surface area contributed by atoms with E-state index in [2.05, 4.69) is 29.8 Å². The Balaban J connectivity index is 2.26. The molecule has 2 rings (SSSR count). The van der Waals surface area contributed by atoms with E-state index in [9.17, 15) is 4.79 Å². The Kier molecular flexibility index (Phi) is 6.22. The lowest BCUT2D eigenvalue weighted by atomic mass is 10.0. The van der Waals surface area contributed by atoms with E-state index in [1.807, 2.05) is 31.2 Å². The van der Waals surface area contributed by atoms with Crippen molar-refractivity contribution in [2.75, 3.05) is 6.61 Å². The molecule has 0 aliphatic heterocycles.